The van der Waals surface area contributed by atoms with Crippen LogP contribution in [0.15, 0.2) is 53.7 Å². The standard InChI is InChI=1S/C15H18N2S/c1-12(14-3-5-15(18-2)6-4-14)17-11-13-7-9-16-10-8-13/h3-10,12,17H,11H2,1-2H3. The topological polar surface area (TPSA) is 24.9 Å². The zero-order chi connectivity index (χ0) is 12.8. The predicted molar refractivity (Wildman–Crippen MR) is 77.7 cm³/mol. The van der Waals surface area contributed by atoms with E-state index in [1.54, 1.807) is 11.8 Å². The highest BCUT2D eigenvalue weighted by Crippen LogP contribution is 2.19. The van der Waals surface area contributed by atoms with Gasteiger partial charge in [-0.2, -0.15) is 0 Å². The van der Waals surface area contributed by atoms with Crippen LogP contribution in [-0.2, 0) is 6.54 Å². The van der Waals surface area contributed by atoms with Crippen molar-refractivity contribution in [3.63, 3.8) is 0 Å². The van der Waals surface area contributed by atoms with Gasteiger partial charge in [-0.3, -0.25) is 4.98 Å². The number of rotatable bonds is 5. The largest absolute Gasteiger partial charge is 0.306 e. The quantitative estimate of drug-likeness (QED) is 0.829. The van der Waals surface area contributed by atoms with Gasteiger partial charge in [0.25, 0.3) is 0 Å². The van der Waals surface area contributed by atoms with Crippen LogP contribution in [0, 0.1) is 0 Å². The Morgan fingerprint density at radius 2 is 1.78 bits per heavy atom. The first-order chi connectivity index (χ1) is 8.79. The van der Waals surface area contributed by atoms with Crippen LogP contribution in [0.1, 0.15) is 24.1 Å². The molecule has 18 heavy (non-hydrogen) atoms. The van der Waals surface area contributed by atoms with E-state index in [9.17, 15) is 0 Å². The van der Waals surface area contributed by atoms with Crippen LogP contribution < -0.4 is 5.32 Å². The van der Waals surface area contributed by atoms with E-state index < -0.39 is 0 Å². The monoisotopic (exact) mass is 258 g/mol. The highest BCUT2D eigenvalue weighted by Gasteiger charge is 2.04. The van der Waals surface area contributed by atoms with E-state index in [1.165, 1.54) is 16.0 Å². The number of benzene rings is 1. The SMILES string of the molecule is CSc1ccc(C(C)NCc2ccncc2)cc1. The molecule has 1 aromatic heterocycles. The van der Waals surface area contributed by atoms with Crippen LogP contribution in [0.2, 0.25) is 0 Å². The molecule has 0 aliphatic heterocycles. The number of hydrogen-bond acceptors (Lipinski definition) is 3. The maximum atomic E-state index is 4.02. The third-order valence-corrected chi connectivity index (χ3v) is 3.72. The van der Waals surface area contributed by atoms with Crippen molar-refractivity contribution in [3.8, 4) is 0 Å². The van der Waals surface area contributed by atoms with Gasteiger partial charge in [0.05, 0.1) is 0 Å². The fourth-order valence-electron chi connectivity index (χ4n) is 1.78. The molecule has 1 unspecified atom stereocenters. The summed E-state index contributed by atoms with van der Waals surface area (Å²) in [6, 6.07) is 13.2. The fraction of sp³-hybridized carbons (Fsp3) is 0.267. The van der Waals surface area contributed by atoms with Crippen LogP contribution >= 0.6 is 11.8 Å². The van der Waals surface area contributed by atoms with Gasteiger partial charge in [-0.15, -0.1) is 11.8 Å². The Hall–Kier alpha value is -1.32. The molecule has 0 bridgehead atoms. The Bertz CT molecular complexity index is 468. The van der Waals surface area contributed by atoms with Crippen molar-refractivity contribution >= 4 is 11.8 Å². The third-order valence-electron chi connectivity index (χ3n) is 2.98. The molecule has 94 valence electrons. The molecule has 0 saturated heterocycles. The maximum Gasteiger partial charge on any atom is 0.0294 e. The van der Waals surface area contributed by atoms with Crippen LogP contribution in [0.3, 0.4) is 0 Å². The van der Waals surface area contributed by atoms with Gasteiger partial charge >= 0.3 is 0 Å². The van der Waals surface area contributed by atoms with Crippen molar-refractivity contribution in [2.24, 2.45) is 0 Å². The minimum atomic E-state index is 0.356. The molecule has 1 heterocycles. The summed E-state index contributed by atoms with van der Waals surface area (Å²) in [7, 11) is 0. The van der Waals surface area contributed by atoms with Gasteiger partial charge in [0.1, 0.15) is 0 Å². The first kappa shape index (κ1) is 13.1. The number of hydrogen-bond donors (Lipinski definition) is 1. The van der Waals surface area contributed by atoms with Crippen molar-refractivity contribution in [2.75, 3.05) is 6.26 Å². The van der Waals surface area contributed by atoms with Gasteiger partial charge in [-0.25, -0.2) is 0 Å². The summed E-state index contributed by atoms with van der Waals surface area (Å²) < 4.78 is 0. The molecule has 0 saturated carbocycles. The normalized spacial score (nSPS) is 12.3. The highest BCUT2D eigenvalue weighted by molar-refractivity contribution is 7.98. The molecule has 0 fully saturated rings. The average molecular weight is 258 g/mol. The minimum Gasteiger partial charge on any atom is -0.306 e. The second-order valence-electron chi connectivity index (χ2n) is 4.23. The molecule has 2 rings (SSSR count). The Labute approximate surface area is 113 Å². The van der Waals surface area contributed by atoms with E-state index in [0.717, 1.165) is 6.54 Å². The summed E-state index contributed by atoms with van der Waals surface area (Å²) in [6.45, 7) is 3.06. The van der Waals surface area contributed by atoms with Crippen molar-refractivity contribution in [3.05, 3.63) is 59.9 Å². The van der Waals surface area contributed by atoms with Gasteiger partial charge in [-0.05, 0) is 48.6 Å². The van der Waals surface area contributed by atoms with E-state index in [4.69, 9.17) is 0 Å². The van der Waals surface area contributed by atoms with Crippen molar-refractivity contribution in [1.29, 1.82) is 0 Å². The molecule has 3 heteroatoms. The Morgan fingerprint density at radius 3 is 2.39 bits per heavy atom. The molecule has 2 aromatic rings. The Balaban J connectivity index is 1.93. The summed E-state index contributed by atoms with van der Waals surface area (Å²) in [4.78, 5) is 5.33. The lowest BCUT2D eigenvalue weighted by molar-refractivity contribution is 0.574. The number of thioether (sulfide) groups is 1. The van der Waals surface area contributed by atoms with E-state index in [1.807, 2.05) is 24.5 Å². The lowest BCUT2D eigenvalue weighted by Gasteiger charge is -2.14. The molecule has 0 amide bonds. The molecule has 0 aliphatic rings. The first-order valence-corrected chi connectivity index (χ1v) is 7.28. The molecule has 2 nitrogen and oxygen atoms in total. The second kappa shape index (κ2) is 6.57. The lowest BCUT2D eigenvalue weighted by Crippen LogP contribution is -2.17. The molecule has 0 spiro atoms. The number of pyridine rings is 1. The molecule has 1 aromatic carbocycles. The molecule has 0 aliphatic carbocycles. The van der Waals surface area contributed by atoms with Gasteiger partial charge in [0, 0.05) is 29.9 Å². The smallest absolute Gasteiger partial charge is 0.0294 e. The van der Waals surface area contributed by atoms with E-state index >= 15 is 0 Å². The Kier molecular flexibility index (Phi) is 4.79. The molecule has 1 N–H and O–H groups in total. The number of nitrogens with zero attached hydrogens (tertiary/aromatic N) is 1. The van der Waals surface area contributed by atoms with Crippen LogP contribution in [-0.4, -0.2) is 11.2 Å². The average Bonchev–Trinajstić information content (AvgIpc) is 2.46. The zero-order valence-corrected chi connectivity index (χ0v) is 11.6. The fourth-order valence-corrected chi connectivity index (χ4v) is 2.19. The van der Waals surface area contributed by atoms with Crippen LogP contribution in [0.25, 0.3) is 0 Å². The molecule has 0 radical (unpaired) electrons. The molecule has 1 atom stereocenters. The van der Waals surface area contributed by atoms with E-state index in [2.05, 4.69) is 47.7 Å². The van der Waals surface area contributed by atoms with Gasteiger partial charge in [0.2, 0.25) is 0 Å². The number of aromatic nitrogens is 1. The highest BCUT2D eigenvalue weighted by atomic mass is 32.2. The second-order valence-corrected chi connectivity index (χ2v) is 5.11. The molecular weight excluding hydrogens is 240 g/mol. The van der Waals surface area contributed by atoms with Crippen molar-refractivity contribution < 1.29 is 0 Å². The minimum absolute atomic E-state index is 0.356. The Morgan fingerprint density at radius 1 is 1.11 bits per heavy atom. The summed E-state index contributed by atoms with van der Waals surface area (Å²) in [5.41, 5.74) is 2.58. The van der Waals surface area contributed by atoms with Gasteiger partial charge in [-0.1, -0.05) is 12.1 Å². The van der Waals surface area contributed by atoms with Gasteiger partial charge in [0.15, 0.2) is 0 Å². The zero-order valence-electron chi connectivity index (χ0n) is 10.8. The number of nitrogens with one attached hydrogen (secondary N) is 1. The van der Waals surface area contributed by atoms with Crippen molar-refractivity contribution in [1.82, 2.24) is 10.3 Å². The van der Waals surface area contributed by atoms with Gasteiger partial charge < -0.3 is 5.32 Å². The van der Waals surface area contributed by atoms with E-state index in [0.29, 0.717) is 6.04 Å². The van der Waals surface area contributed by atoms with E-state index in [-0.39, 0.29) is 0 Å². The first-order valence-electron chi connectivity index (χ1n) is 6.06. The summed E-state index contributed by atoms with van der Waals surface area (Å²) in [5, 5.41) is 3.52. The lowest BCUT2D eigenvalue weighted by atomic mass is 10.1. The predicted octanol–water partition coefficient (Wildman–Crippen LogP) is 3.65. The summed E-state index contributed by atoms with van der Waals surface area (Å²) in [6.07, 6.45) is 5.75. The van der Waals surface area contributed by atoms with Crippen molar-refractivity contribution in [2.45, 2.75) is 24.4 Å². The molecular formula is C15H18N2S. The summed E-state index contributed by atoms with van der Waals surface area (Å²) in [5.74, 6) is 0. The summed E-state index contributed by atoms with van der Waals surface area (Å²) >= 11 is 1.77. The van der Waals surface area contributed by atoms with Crippen LogP contribution in [0.4, 0.5) is 0 Å². The van der Waals surface area contributed by atoms with Crippen LogP contribution in [0.5, 0.6) is 0 Å². The third kappa shape index (κ3) is 3.59. The maximum absolute atomic E-state index is 4.02.